The van der Waals surface area contributed by atoms with Gasteiger partial charge in [0.25, 0.3) is 0 Å². The zero-order valence-corrected chi connectivity index (χ0v) is 10.9. The summed E-state index contributed by atoms with van der Waals surface area (Å²) in [5, 5.41) is 3.48. The number of nitrogens with one attached hydrogen (secondary N) is 1. The van der Waals surface area contributed by atoms with Crippen LogP contribution in [0.2, 0.25) is 0 Å². The summed E-state index contributed by atoms with van der Waals surface area (Å²) in [7, 11) is 2.09. The Labute approximate surface area is 99.3 Å². The molecule has 0 heterocycles. The van der Waals surface area contributed by atoms with Gasteiger partial charge in [0.15, 0.2) is 0 Å². The normalized spacial score (nSPS) is 18.5. The maximum absolute atomic E-state index is 3.48. The molecular formula is C15H23N. The van der Waals surface area contributed by atoms with Crippen LogP contribution in [-0.2, 0) is 11.8 Å². The molecule has 1 N–H and O–H groups in total. The first-order chi connectivity index (χ1) is 7.47. The van der Waals surface area contributed by atoms with E-state index < -0.39 is 0 Å². The van der Waals surface area contributed by atoms with Gasteiger partial charge in [0, 0.05) is 5.54 Å². The molecule has 88 valence electrons. The highest BCUT2D eigenvalue weighted by atomic mass is 15.0. The summed E-state index contributed by atoms with van der Waals surface area (Å²) in [6.45, 7) is 6.89. The Hall–Kier alpha value is -0.820. The third-order valence-corrected chi connectivity index (χ3v) is 3.74. The van der Waals surface area contributed by atoms with E-state index in [0.29, 0.717) is 5.54 Å². The van der Waals surface area contributed by atoms with Gasteiger partial charge in [-0.1, -0.05) is 45.0 Å². The van der Waals surface area contributed by atoms with Gasteiger partial charge >= 0.3 is 0 Å². The minimum atomic E-state index is 0.250. The number of rotatable bonds is 3. The van der Waals surface area contributed by atoms with Gasteiger partial charge in [0.2, 0.25) is 0 Å². The molecule has 2 rings (SSSR count). The van der Waals surface area contributed by atoms with E-state index >= 15 is 0 Å². The number of hydrogen-bond donors (Lipinski definition) is 1. The standard InChI is InChI=1S/C15H23N/c1-14(2,3)13-8-6-5-7-12(13)11-15(16-4)9-10-15/h5-8,16H,9-11H2,1-4H3. The van der Waals surface area contributed by atoms with Crippen molar-refractivity contribution >= 4 is 0 Å². The second kappa shape index (κ2) is 3.89. The summed E-state index contributed by atoms with van der Waals surface area (Å²) in [4.78, 5) is 0. The molecule has 1 heteroatoms. The Morgan fingerprint density at radius 2 is 1.81 bits per heavy atom. The highest BCUT2D eigenvalue weighted by molar-refractivity contribution is 5.35. The summed E-state index contributed by atoms with van der Waals surface area (Å²) < 4.78 is 0. The van der Waals surface area contributed by atoms with Crippen molar-refractivity contribution in [1.82, 2.24) is 5.32 Å². The van der Waals surface area contributed by atoms with Gasteiger partial charge in [-0.2, -0.15) is 0 Å². The largest absolute Gasteiger partial charge is 0.314 e. The Morgan fingerprint density at radius 3 is 2.31 bits per heavy atom. The van der Waals surface area contributed by atoms with E-state index in [1.807, 2.05) is 0 Å². The summed E-state index contributed by atoms with van der Waals surface area (Å²) in [6, 6.07) is 8.89. The van der Waals surface area contributed by atoms with Crippen molar-refractivity contribution in [3.63, 3.8) is 0 Å². The second-order valence-electron chi connectivity index (χ2n) is 6.11. The van der Waals surface area contributed by atoms with Crippen LogP contribution in [0.1, 0.15) is 44.7 Å². The quantitative estimate of drug-likeness (QED) is 0.819. The van der Waals surface area contributed by atoms with Crippen molar-refractivity contribution < 1.29 is 0 Å². The third-order valence-electron chi connectivity index (χ3n) is 3.74. The van der Waals surface area contributed by atoms with Crippen LogP contribution in [-0.4, -0.2) is 12.6 Å². The van der Waals surface area contributed by atoms with Gasteiger partial charge in [-0.05, 0) is 42.9 Å². The van der Waals surface area contributed by atoms with Crippen LogP contribution in [0, 0.1) is 0 Å². The van der Waals surface area contributed by atoms with Gasteiger partial charge in [0.05, 0.1) is 0 Å². The van der Waals surface area contributed by atoms with Crippen molar-refractivity contribution in [2.75, 3.05) is 7.05 Å². The van der Waals surface area contributed by atoms with Gasteiger partial charge in [-0.15, -0.1) is 0 Å². The molecule has 0 aliphatic heterocycles. The lowest BCUT2D eigenvalue weighted by Gasteiger charge is -2.25. The lowest BCUT2D eigenvalue weighted by molar-refractivity contribution is 0.529. The molecule has 0 atom stereocenters. The van der Waals surface area contributed by atoms with Crippen molar-refractivity contribution in [3.8, 4) is 0 Å². The monoisotopic (exact) mass is 217 g/mol. The van der Waals surface area contributed by atoms with Crippen LogP contribution in [0.3, 0.4) is 0 Å². The van der Waals surface area contributed by atoms with E-state index in [9.17, 15) is 0 Å². The molecular weight excluding hydrogens is 194 g/mol. The van der Waals surface area contributed by atoms with Crippen LogP contribution in [0.15, 0.2) is 24.3 Å². The fourth-order valence-corrected chi connectivity index (χ4v) is 2.44. The molecule has 1 aliphatic rings. The Morgan fingerprint density at radius 1 is 1.19 bits per heavy atom. The van der Waals surface area contributed by atoms with Crippen molar-refractivity contribution in [1.29, 1.82) is 0 Å². The summed E-state index contributed by atoms with van der Waals surface area (Å²) in [5.74, 6) is 0. The molecule has 1 nitrogen and oxygen atoms in total. The van der Waals surface area contributed by atoms with E-state index in [1.165, 1.54) is 30.4 Å². The van der Waals surface area contributed by atoms with Crippen molar-refractivity contribution in [2.24, 2.45) is 0 Å². The molecule has 1 aliphatic carbocycles. The summed E-state index contributed by atoms with van der Waals surface area (Å²) >= 11 is 0. The van der Waals surface area contributed by atoms with E-state index in [4.69, 9.17) is 0 Å². The molecule has 1 aromatic carbocycles. The van der Waals surface area contributed by atoms with Crippen LogP contribution >= 0.6 is 0 Å². The van der Waals surface area contributed by atoms with Crippen LogP contribution in [0.25, 0.3) is 0 Å². The zero-order chi connectivity index (χ0) is 11.8. The Bertz CT molecular complexity index is 369. The molecule has 0 spiro atoms. The first-order valence-corrected chi connectivity index (χ1v) is 6.24. The van der Waals surface area contributed by atoms with Gasteiger partial charge in [-0.25, -0.2) is 0 Å². The van der Waals surface area contributed by atoms with E-state index in [1.54, 1.807) is 0 Å². The minimum absolute atomic E-state index is 0.250. The molecule has 0 amide bonds. The summed E-state index contributed by atoms with van der Waals surface area (Å²) in [5.41, 5.74) is 3.67. The SMILES string of the molecule is CNC1(Cc2ccccc2C(C)(C)C)CC1. The Kier molecular flexibility index (Phi) is 2.83. The second-order valence-corrected chi connectivity index (χ2v) is 6.11. The Balaban J connectivity index is 2.27. The van der Waals surface area contributed by atoms with E-state index in [0.717, 1.165) is 0 Å². The molecule has 0 aromatic heterocycles. The number of likely N-dealkylation sites (N-methyl/N-ethyl adjacent to an activating group) is 1. The molecule has 0 bridgehead atoms. The zero-order valence-electron chi connectivity index (χ0n) is 10.9. The van der Waals surface area contributed by atoms with Crippen LogP contribution in [0.4, 0.5) is 0 Å². The third kappa shape index (κ3) is 2.30. The summed E-state index contributed by atoms with van der Waals surface area (Å²) in [6.07, 6.45) is 3.82. The topological polar surface area (TPSA) is 12.0 Å². The molecule has 0 saturated heterocycles. The smallest absolute Gasteiger partial charge is 0.0220 e. The number of benzene rings is 1. The van der Waals surface area contributed by atoms with Crippen LogP contribution in [0.5, 0.6) is 0 Å². The fourth-order valence-electron chi connectivity index (χ4n) is 2.44. The van der Waals surface area contributed by atoms with Gasteiger partial charge < -0.3 is 5.32 Å². The molecule has 0 radical (unpaired) electrons. The first kappa shape index (κ1) is 11.7. The van der Waals surface area contributed by atoms with Crippen molar-refractivity contribution in [2.45, 2.75) is 51.0 Å². The maximum atomic E-state index is 3.48. The predicted octanol–water partition coefficient (Wildman–Crippen LogP) is 3.28. The predicted molar refractivity (Wildman–Crippen MR) is 69.9 cm³/mol. The van der Waals surface area contributed by atoms with E-state index in [-0.39, 0.29) is 5.41 Å². The fraction of sp³-hybridized carbons (Fsp3) is 0.600. The van der Waals surface area contributed by atoms with Gasteiger partial charge in [0.1, 0.15) is 0 Å². The average molecular weight is 217 g/mol. The molecule has 0 unspecified atom stereocenters. The minimum Gasteiger partial charge on any atom is -0.314 e. The molecule has 16 heavy (non-hydrogen) atoms. The van der Waals surface area contributed by atoms with Gasteiger partial charge in [-0.3, -0.25) is 0 Å². The van der Waals surface area contributed by atoms with E-state index in [2.05, 4.69) is 57.4 Å². The maximum Gasteiger partial charge on any atom is 0.0220 e. The highest BCUT2D eigenvalue weighted by Crippen LogP contribution is 2.40. The number of hydrogen-bond acceptors (Lipinski definition) is 1. The highest BCUT2D eigenvalue weighted by Gasteiger charge is 2.41. The first-order valence-electron chi connectivity index (χ1n) is 6.24. The molecule has 1 saturated carbocycles. The van der Waals surface area contributed by atoms with Crippen LogP contribution < -0.4 is 5.32 Å². The molecule has 1 aromatic rings. The van der Waals surface area contributed by atoms with Crippen molar-refractivity contribution in [3.05, 3.63) is 35.4 Å². The lowest BCUT2D eigenvalue weighted by atomic mass is 9.82. The lowest BCUT2D eigenvalue weighted by Crippen LogP contribution is -2.30. The average Bonchev–Trinajstić information content (AvgIpc) is 2.98. The molecule has 1 fully saturated rings.